The van der Waals surface area contributed by atoms with Gasteiger partial charge in [-0.1, -0.05) is 6.07 Å². The molecular formula is C9H7F3N2S. The molecule has 0 aliphatic carbocycles. The molecule has 6 heteroatoms. The van der Waals surface area contributed by atoms with Gasteiger partial charge in [0.25, 0.3) is 0 Å². The molecule has 0 saturated heterocycles. The van der Waals surface area contributed by atoms with Crippen LogP contribution in [-0.2, 0) is 12.7 Å². The lowest BCUT2D eigenvalue weighted by Crippen LogP contribution is -2.05. The van der Waals surface area contributed by atoms with Crippen molar-refractivity contribution >= 4 is 21.6 Å². The first-order valence-corrected chi connectivity index (χ1v) is 4.99. The van der Waals surface area contributed by atoms with Crippen LogP contribution < -0.4 is 5.73 Å². The first-order valence-electron chi connectivity index (χ1n) is 4.18. The molecule has 1 heterocycles. The maximum absolute atomic E-state index is 12.6. The summed E-state index contributed by atoms with van der Waals surface area (Å²) < 4.78 is 38.2. The van der Waals surface area contributed by atoms with Gasteiger partial charge in [-0.2, -0.15) is 13.2 Å². The van der Waals surface area contributed by atoms with Crippen molar-refractivity contribution in [1.82, 2.24) is 4.98 Å². The molecular weight excluding hydrogens is 225 g/mol. The van der Waals surface area contributed by atoms with Gasteiger partial charge in [0, 0.05) is 6.54 Å². The number of hydrogen-bond donors (Lipinski definition) is 1. The van der Waals surface area contributed by atoms with Gasteiger partial charge < -0.3 is 5.73 Å². The van der Waals surface area contributed by atoms with E-state index in [2.05, 4.69) is 4.98 Å². The molecule has 0 radical (unpaired) electrons. The van der Waals surface area contributed by atoms with Crippen LogP contribution in [0, 0.1) is 0 Å². The Morgan fingerprint density at radius 1 is 1.33 bits per heavy atom. The average molecular weight is 232 g/mol. The summed E-state index contributed by atoms with van der Waals surface area (Å²) in [5.74, 6) is 0. The zero-order chi connectivity index (χ0) is 11.1. The minimum absolute atomic E-state index is 0.00421. The van der Waals surface area contributed by atoms with E-state index in [0.717, 1.165) is 6.07 Å². The summed E-state index contributed by atoms with van der Waals surface area (Å²) in [5, 5.41) is 0.515. The second-order valence-electron chi connectivity index (χ2n) is 2.96. The number of nitrogens with zero attached hydrogens (tertiary/aromatic N) is 1. The SMILES string of the molecule is NCc1nc2c(C(F)(F)F)cccc2s1. The van der Waals surface area contributed by atoms with E-state index in [1.807, 2.05) is 0 Å². The molecule has 0 atom stereocenters. The Bertz CT molecular complexity index is 490. The third-order valence-corrected chi connectivity index (χ3v) is 2.99. The molecule has 0 spiro atoms. The number of alkyl halides is 3. The largest absolute Gasteiger partial charge is 0.418 e. The van der Waals surface area contributed by atoms with E-state index in [0.29, 0.717) is 9.71 Å². The summed E-state index contributed by atoms with van der Waals surface area (Å²) in [4.78, 5) is 3.87. The van der Waals surface area contributed by atoms with Crippen LogP contribution in [0.25, 0.3) is 10.2 Å². The summed E-state index contributed by atoms with van der Waals surface area (Å²) >= 11 is 1.19. The maximum atomic E-state index is 12.6. The van der Waals surface area contributed by atoms with Gasteiger partial charge in [-0.3, -0.25) is 0 Å². The minimum Gasteiger partial charge on any atom is -0.325 e. The van der Waals surface area contributed by atoms with Crippen LogP contribution in [0.4, 0.5) is 13.2 Å². The predicted molar refractivity (Wildman–Crippen MR) is 52.5 cm³/mol. The van der Waals surface area contributed by atoms with Crippen molar-refractivity contribution in [3.63, 3.8) is 0 Å². The summed E-state index contributed by atoms with van der Waals surface area (Å²) in [5.41, 5.74) is 4.64. The van der Waals surface area contributed by atoms with Crippen LogP contribution in [0.5, 0.6) is 0 Å². The summed E-state index contributed by atoms with van der Waals surface area (Å²) in [6.45, 7) is 0.163. The molecule has 0 unspecified atom stereocenters. The number of rotatable bonds is 1. The highest BCUT2D eigenvalue weighted by atomic mass is 32.1. The van der Waals surface area contributed by atoms with Gasteiger partial charge >= 0.3 is 6.18 Å². The molecule has 2 N–H and O–H groups in total. The van der Waals surface area contributed by atoms with Gasteiger partial charge in [0.05, 0.1) is 15.8 Å². The maximum Gasteiger partial charge on any atom is 0.418 e. The van der Waals surface area contributed by atoms with Crippen LogP contribution >= 0.6 is 11.3 Å². The van der Waals surface area contributed by atoms with Gasteiger partial charge in [0.15, 0.2) is 0 Å². The second kappa shape index (κ2) is 3.46. The molecule has 0 fully saturated rings. The van der Waals surface area contributed by atoms with E-state index in [9.17, 15) is 13.2 Å². The average Bonchev–Trinajstić information content (AvgIpc) is 2.57. The zero-order valence-corrected chi connectivity index (χ0v) is 8.32. The molecule has 2 aromatic rings. The monoisotopic (exact) mass is 232 g/mol. The molecule has 0 amide bonds. The highest BCUT2D eigenvalue weighted by molar-refractivity contribution is 7.18. The molecule has 15 heavy (non-hydrogen) atoms. The van der Waals surface area contributed by atoms with Crippen molar-refractivity contribution in [3.05, 3.63) is 28.8 Å². The van der Waals surface area contributed by atoms with E-state index in [-0.39, 0.29) is 12.1 Å². The quantitative estimate of drug-likeness (QED) is 0.821. The van der Waals surface area contributed by atoms with Gasteiger partial charge in [-0.05, 0) is 12.1 Å². The van der Waals surface area contributed by atoms with Crippen molar-refractivity contribution in [2.45, 2.75) is 12.7 Å². The van der Waals surface area contributed by atoms with Crippen LogP contribution in [0.1, 0.15) is 10.6 Å². The highest BCUT2D eigenvalue weighted by Gasteiger charge is 2.33. The van der Waals surface area contributed by atoms with Crippen molar-refractivity contribution in [3.8, 4) is 0 Å². The fraction of sp³-hybridized carbons (Fsp3) is 0.222. The van der Waals surface area contributed by atoms with Gasteiger partial charge in [0.1, 0.15) is 5.01 Å². The molecule has 0 bridgehead atoms. The molecule has 2 rings (SSSR count). The number of nitrogens with two attached hydrogens (primary N) is 1. The van der Waals surface area contributed by atoms with E-state index in [4.69, 9.17) is 5.73 Å². The fourth-order valence-corrected chi connectivity index (χ4v) is 2.18. The lowest BCUT2D eigenvalue weighted by molar-refractivity contribution is -0.136. The highest BCUT2D eigenvalue weighted by Crippen LogP contribution is 2.35. The molecule has 1 aromatic carbocycles. The van der Waals surface area contributed by atoms with E-state index in [1.54, 1.807) is 6.07 Å². The van der Waals surface area contributed by atoms with E-state index in [1.165, 1.54) is 17.4 Å². The zero-order valence-electron chi connectivity index (χ0n) is 7.51. The number of halogens is 3. The Hall–Kier alpha value is -1.14. The standard InChI is InChI=1S/C9H7F3N2S/c10-9(11,12)5-2-1-3-6-8(5)14-7(4-13)15-6/h1-3H,4,13H2. The van der Waals surface area contributed by atoms with Gasteiger partial charge in [-0.15, -0.1) is 11.3 Å². The Morgan fingerprint density at radius 3 is 2.67 bits per heavy atom. The van der Waals surface area contributed by atoms with E-state index >= 15 is 0 Å². The summed E-state index contributed by atoms with van der Waals surface area (Å²) in [7, 11) is 0. The lowest BCUT2D eigenvalue weighted by atomic mass is 10.2. The van der Waals surface area contributed by atoms with Crippen LogP contribution in [0.2, 0.25) is 0 Å². The van der Waals surface area contributed by atoms with Crippen molar-refractivity contribution in [2.75, 3.05) is 0 Å². The number of fused-ring (bicyclic) bond motifs is 1. The number of hydrogen-bond acceptors (Lipinski definition) is 3. The van der Waals surface area contributed by atoms with Gasteiger partial charge in [0.2, 0.25) is 0 Å². The topological polar surface area (TPSA) is 38.9 Å². The molecule has 0 aliphatic rings. The molecule has 0 aliphatic heterocycles. The molecule has 80 valence electrons. The molecule has 2 nitrogen and oxygen atoms in total. The first-order chi connectivity index (χ1) is 7.02. The molecule has 0 saturated carbocycles. The summed E-state index contributed by atoms with van der Waals surface area (Å²) in [6, 6.07) is 4.02. The minimum atomic E-state index is -4.36. The Kier molecular flexibility index (Phi) is 2.40. The smallest absolute Gasteiger partial charge is 0.325 e. The van der Waals surface area contributed by atoms with Crippen LogP contribution in [0.15, 0.2) is 18.2 Å². The second-order valence-corrected chi connectivity index (χ2v) is 4.08. The summed E-state index contributed by atoms with van der Waals surface area (Å²) in [6.07, 6.45) is -4.36. The number of benzene rings is 1. The third-order valence-electron chi connectivity index (χ3n) is 1.94. The Labute approximate surface area is 87.5 Å². The van der Waals surface area contributed by atoms with Crippen molar-refractivity contribution in [2.24, 2.45) is 5.73 Å². The number of aromatic nitrogens is 1. The normalized spacial score (nSPS) is 12.3. The number of thiazole rings is 1. The number of para-hydroxylation sites is 1. The van der Waals surface area contributed by atoms with Crippen LogP contribution in [-0.4, -0.2) is 4.98 Å². The van der Waals surface area contributed by atoms with Crippen LogP contribution in [0.3, 0.4) is 0 Å². The third kappa shape index (κ3) is 1.82. The van der Waals surface area contributed by atoms with Crippen molar-refractivity contribution < 1.29 is 13.2 Å². The molecule has 1 aromatic heterocycles. The van der Waals surface area contributed by atoms with Gasteiger partial charge in [-0.25, -0.2) is 4.98 Å². The predicted octanol–water partition coefficient (Wildman–Crippen LogP) is 2.77. The fourth-order valence-electron chi connectivity index (χ4n) is 1.31. The Morgan fingerprint density at radius 2 is 2.07 bits per heavy atom. The lowest BCUT2D eigenvalue weighted by Gasteiger charge is -2.05. The van der Waals surface area contributed by atoms with E-state index < -0.39 is 11.7 Å². The van der Waals surface area contributed by atoms with Crippen molar-refractivity contribution in [1.29, 1.82) is 0 Å². The first kappa shape index (κ1) is 10.4. The Balaban J connectivity index is 2.70.